The molecule has 0 atom stereocenters. The van der Waals surface area contributed by atoms with E-state index in [2.05, 4.69) is 27.1 Å². The second-order valence-electron chi connectivity index (χ2n) is 6.80. The van der Waals surface area contributed by atoms with E-state index in [1.165, 1.54) is 0 Å². The van der Waals surface area contributed by atoms with Crippen LogP contribution in [-0.4, -0.2) is 49.0 Å². The molecule has 1 fully saturated rings. The van der Waals surface area contributed by atoms with Gasteiger partial charge in [-0.05, 0) is 36.7 Å². The minimum absolute atomic E-state index is 0.0827. The van der Waals surface area contributed by atoms with Gasteiger partial charge in [-0.25, -0.2) is 4.98 Å². The highest BCUT2D eigenvalue weighted by molar-refractivity contribution is 7.20. The number of anilines is 2. The average molecular weight is 433 g/mol. The third-order valence-electron chi connectivity index (χ3n) is 4.70. The van der Waals surface area contributed by atoms with Crippen molar-refractivity contribution in [3.63, 3.8) is 0 Å². The number of carbonyl (C=O) groups is 1. The second kappa shape index (κ2) is 8.61. The highest BCUT2D eigenvalue weighted by Crippen LogP contribution is 2.31. The molecule has 1 saturated heterocycles. The number of hydrogen-bond acceptors (Lipinski definition) is 6. The Balaban J connectivity index is 1.46. The molecule has 0 spiro atoms. The van der Waals surface area contributed by atoms with Crippen molar-refractivity contribution in [2.24, 2.45) is 0 Å². The molecule has 1 aliphatic rings. The van der Waals surface area contributed by atoms with Gasteiger partial charge < -0.3 is 15.1 Å². The van der Waals surface area contributed by atoms with E-state index < -0.39 is 0 Å². The summed E-state index contributed by atoms with van der Waals surface area (Å²) in [5.41, 5.74) is 2.56. The molecule has 0 saturated carbocycles. The van der Waals surface area contributed by atoms with Crippen LogP contribution in [0.1, 0.15) is 5.69 Å². The number of thiophene rings is 1. The highest BCUT2D eigenvalue weighted by Gasteiger charge is 2.19. The van der Waals surface area contributed by atoms with Crippen LogP contribution < -0.4 is 10.2 Å². The minimum Gasteiger partial charge on any atom is -0.367 e. The molecule has 3 aromatic rings. The van der Waals surface area contributed by atoms with Crippen LogP contribution in [0.2, 0.25) is 5.02 Å². The molecule has 0 radical (unpaired) electrons. The lowest BCUT2D eigenvalue weighted by Gasteiger charge is -2.35. The predicted molar refractivity (Wildman–Crippen MR) is 119 cm³/mol. The fourth-order valence-corrected chi connectivity index (χ4v) is 5.00. The van der Waals surface area contributed by atoms with E-state index in [1.54, 1.807) is 22.7 Å². The van der Waals surface area contributed by atoms with Gasteiger partial charge >= 0.3 is 0 Å². The molecule has 5 nitrogen and oxygen atoms in total. The van der Waals surface area contributed by atoms with Crippen molar-refractivity contribution < 1.29 is 4.79 Å². The summed E-state index contributed by atoms with van der Waals surface area (Å²) in [6, 6.07) is 9.74. The van der Waals surface area contributed by atoms with Crippen molar-refractivity contribution in [1.82, 2.24) is 9.88 Å². The van der Waals surface area contributed by atoms with Crippen LogP contribution in [0.15, 0.2) is 41.1 Å². The van der Waals surface area contributed by atoms with Crippen molar-refractivity contribution in [3.8, 4) is 9.88 Å². The van der Waals surface area contributed by atoms with E-state index in [4.69, 9.17) is 11.6 Å². The van der Waals surface area contributed by atoms with Crippen molar-refractivity contribution in [1.29, 1.82) is 0 Å². The SMILES string of the molecule is CN1CCN(c2ccc(Cl)cc2NC(=O)Cc2csc(-c3cccs3)n2)CC1. The zero-order valence-electron chi connectivity index (χ0n) is 15.5. The highest BCUT2D eigenvalue weighted by atomic mass is 35.5. The molecule has 3 heterocycles. The summed E-state index contributed by atoms with van der Waals surface area (Å²) in [7, 11) is 2.13. The third kappa shape index (κ3) is 4.55. The number of nitrogens with zero attached hydrogens (tertiary/aromatic N) is 3. The summed E-state index contributed by atoms with van der Waals surface area (Å²) >= 11 is 9.42. The Morgan fingerprint density at radius 3 is 2.79 bits per heavy atom. The smallest absolute Gasteiger partial charge is 0.230 e. The Morgan fingerprint density at radius 1 is 1.21 bits per heavy atom. The molecule has 1 N–H and O–H groups in total. The predicted octanol–water partition coefficient (Wildman–Crippen LogP) is 4.46. The Morgan fingerprint density at radius 2 is 2.04 bits per heavy atom. The van der Waals surface area contributed by atoms with Gasteiger partial charge in [0.2, 0.25) is 5.91 Å². The van der Waals surface area contributed by atoms with Crippen LogP contribution >= 0.6 is 34.3 Å². The number of hydrogen-bond donors (Lipinski definition) is 1. The third-order valence-corrected chi connectivity index (χ3v) is 6.87. The summed E-state index contributed by atoms with van der Waals surface area (Å²) in [6.45, 7) is 3.86. The molecule has 1 amide bonds. The molecule has 8 heteroatoms. The van der Waals surface area contributed by atoms with Gasteiger partial charge in [-0.3, -0.25) is 4.79 Å². The molecule has 28 heavy (non-hydrogen) atoms. The van der Waals surface area contributed by atoms with Crippen molar-refractivity contribution in [2.75, 3.05) is 43.4 Å². The maximum atomic E-state index is 12.7. The number of piperazine rings is 1. The standard InChI is InChI=1S/C20H21ClN4OS2/c1-24-6-8-25(9-7-24)17-5-4-14(21)11-16(17)23-19(26)12-15-13-28-20(22-15)18-3-2-10-27-18/h2-5,10-11,13H,6-9,12H2,1H3,(H,23,26). The fraction of sp³-hybridized carbons (Fsp3) is 0.300. The van der Waals surface area contributed by atoms with E-state index >= 15 is 0 Å². The first kappa shape index (κ1) is 19.4. The number of rotatable bonds is 5. The lowest BCUT2D eigenvalue weighted by atomic mass is 10.2. The van der Waals surface area contributed by atoms with Gasteiger partial charge in [-0.15, -0.1) is 22.7 Å². The normalized spacial score (nSPS) is 15.0. The topological polar surface area (TPSA) is 48.5 Å². The number of nitrogens with one attached hydrogen (secondary N) is 1. The molecular weight excluding hydrogens is 412 g/mol. The Hall–Kier alpha value is -1.93. The molecule has 1 aromatic carbocycles. The van der Waals surface area contributed by atoms with Crippen LogP contribution in [0.4, 0.5) is 11.4 Å². The Kier molecular flexibility index (Phi) is 5.96. The number of thiazole rings is 1. The van der Waals surface area contributed by atoms with Crippen LogP contribution in [0.25, 0.3) is 9.88 Å². The minimum atomic E-state index is -0.0827. The zero-order chi connectivity index (χ0) is 19.5. The Labute approximate surface area is 177 Å². The van der Waals surface area contributed by atoms with Crippen LogP contribution in [-0.2, 0) is 11.2 Å². The summed E-state index contributed by atoms with van der Waals surface area (Å²) in [5.74, 6) is -0.0827. The van der Waals surface area contributed by atoms with E-state index in [0.717, 1.165) is 53.1 Å². The number of aromatic nitrogens is 1. The van der Waals surface area contributed by atoms with Gasteiger partial charge in [0.25, 0.3) is 0 Å². The number of amides is 1. The van der Waals surface area contributed by atoms with Gasteiger partial charge in [0.1, 0.15) is 5.01 Å². The van der Waals surface area contributed by atoms with Crippen molar-refractivity contribution in [2.45, 2.75) is 6.42 Å². The van der Waals surface area contributed by atoms with Crippen molar-refractivity contribution in [3.05, 3.63) is 51.8 Å². The molecule has 1 aliphatic heterocycles. The molecule has 0 aliphatic carbocycles. The maximum absolute atomic E-state index is 12.7. The number of carbonyl (C=O) groups excluding carboxylic acids is 1. The fourth-order valence-electron chi connectivity index (χ4n) is 3.19. The largest absolute Gasteiger partial charge is 0.367 e. The quantitative estimate of drug-likeness (QED) is 0.646. The van der Waals surface area contributed by atoms with Crippen LogP contribution in [0, 0.1) is 0 Å². The van der Waals surface area contributed by atoms with Gasteiger partial charge in [-0.2, -0.15) is 0 Å². The van der Waals surface area contributed by atoms with E-state index in [-0.39, 0.29) is 12.3 Å². The van der Waals surface area contributed by atoms with Gasteiger partial charge in [0.15, 0.2) is 0 Å². The number of benzene rings is 1. The van der Waals surface area contributed by atoms with Crippen molar-refractivity contribution >= 4 is 51.6 Å². The molecule has 4 rings (SSSR count). The summed E-state index contributed by atoms with van der Waals surface area (Å²) in [5, 5.41) is 8.59. The monoisotopic (exact) mass is 432 g/mol. The van der Waals surface area contributed by atoms with E-state index in [1.807, 2.05) is 41.1 Å². The second-order valence-corrected chi connectivity index (χ2v) is 9.04. The van der Waals surface area contributed by atoms with E-state index in [9.17, 15) is 4.79 Å². The molecule has 0 unspecified atom stereocenters. The first-order valence-corrected chi connectivity index (χ1v) is 11.2. The first-order valence-electron chi connectivity index (χ1n) is 9.09. The van der Waals surface area contributed by atoms with Gasteiger partial charge in [-0.1, -0.05) is 17.7 Å². The summed E-state index contributed by atoms with van der Waals surface area (Å²) < 4.78 is 0. The summed E-state index contributed by atoms with van der Waals surface area (Å²) in [6.07, 6.45) is 0.247. The van der Waals surface area contributed by atoms with Crippen LogP contribution in [0.5, 0.6) is 0 Å². The van der Waals surface area contributed by atoms with E-state index in [0.29, 0.717) is 5.02 Å². The first-order chi connectivity index (χ1) is 13.6. The number of likely N-dealkylation sites (N-methyl/N-ethyl adjacent to an activating group) is 1. The molecule has 0 bridgehead atoms. The Bertz CT molecular complexity index is 949. The molecule has 146 valence electrons. The number of halogens is 1. The van der Waals surface area contributed by atoms with Crippen LogP contribution in [0.3, 0.4) is 0 Å². The summed E-state index contributed by atoms with van der Waals surface area (Å²) in [4.78, 5) is 23.0. The van der Waals surface area contributed by atoms with Gasteiger partial charge in [0.05, 0.1) is 28.4 Å². The lowest BCUT2D eigenvalue weighted by Crippen LogP contribution is -2.44. The zero-order valence-corrected chi connectivity index (χ0v) is 17.9. The molecule has 2 aromatic heterocycles. The lowest BCUT2D eigenvalue weighted by molar-refractivity contribution is -0.115. The maximum Gasteiger partial charge on any atom is 0.230 e. The molecular formula is C20H21ClN4OS2. The average Bonchev–Trinajstić information content (AvgIpc) is 3.34. The van der Waals surface area contributed by atoms with Gasteiger partial charge in [0, 0.05) is 36.6 Å².